The minimum atomic E-state index is -0.172. The maximum absolute atomic E-state index is 13.4. The van der Waals surface area contributed by atoms with E-state index in [1.165, 1.54) is 5.01 Å². The molecule has 1 aliphatic rings. The Morgan fingerprint density at radius 3 is 2.35 bits per heavy atom. The lowest BCUT2D eigenvalue weighted by molar-refractivity contribution is -0.114. The van der Waals surface area contributed by atoms with E-state index in [-0.39, 0.29) is 5.91 Å². The highest BCUT2D eigenvalue weighted by Crippen LogP contribution is 2.35. The van der Waals surface area contributed by atoms with E-state index >= 15 is 0 Å². The van der Waals surface area contributed by atoms with Crippen molar-refractivity contribution in [3.63, 3.8) is 0 Å². The number of hydrogen-bond acceptors (Lipinski definition) is 4. The van der Waals surface area contributed by atoms with Crippen molar-refractivity contribution in [2.45, 2.75) is 6.92 Å². The van der Waals surface area contributed by atoms with Crippen LogP contribution in [0.15, 0.2) is 83.5 Å². The van der Waals surface area contributed by atoms with Crippen LogP contribution in [0.25, 0.3) is 6.08 Å². The summed E-state index contributed by atoms with van der Waals surface area (Å²) in [7, 11) is 1.62. The zero-order valence-corrected chi connectivity index (χ0v) is 19.4. The summed E-state index contributed by atoms with van der Waals surface area (Å²) in [6.07, 6.45) is 1.86. The fourth-order valence-corrected chi connectivity index (χ4v) is 4.24. The van der Waals surface area contributed by atoms with Gasteiger partial charge >= 0.3 is 0 Å². The first kappa shape index (κ1) is 21.1. The molecule has 0 atom stereocenters. The van der Waals surface area contributed by atoms with Crippen LogP contribution in [0.3, 0.4) is 0 Å². The molecule has 3 aromatic carbocycles. The number of carbonyl (C=O) groups is 1. The highest BCUT2D eigenvalue weighted by molar-refractivity contribution is 14.1. The molecule has 0 unspecified atom stereocenters. The Bertz CT molecular complexity index is 1160. The molecule has 4 rings (SSSR count). The molecule has 0 spiro atoms. The number of carbonyl (C=O) groups excluding carboxylic acids is 1. The largest absolute Gasteiger partial charge is 0.492 e. The van der Waals surface area contributed by atoms with Gasteiger partial charge in [0.2, 0.25) is 0 Å². The van der Waals surface area contributed by atoms with Gasteiger partial charge in [0.25, 0.3) is 5.91 Å². The number of rotatable bonds is 6. The lowest BCUT2D eigenvalue weighted by atomic mass is 10.00. The SMILES string of the molecule is CCOc1cc(/C=C2\C(=O)N(c3ccccc3)N=C2c2ccccc2)cc(I)c1OC. The molecule has 0 fully saturated rings. The van der Waals surface area contributed by atoms with Gasteiger partial charge in [-0.3, -0.25) is 4.79 Å². The van der Waals surface area contributed by atoms with Gasteiger partial charge < -0.3 is 9.47 Å². The normalized spacial score (nSPS) is 14.7. The molecule has 1 amide bonds. The number of anilines is 1. The number of ether oxygens (including phenoxy) is 2. The fraction of sp³-hybridized carbons (Fsp3) is 0.120. The first-order chi connectivity index (χ1) is 15.1. The first-order valence-electron chi connectivity index (χ1n) is 9.88. The molecule has 0 saturated heterocycles. The Labute approximate surface area is 195 Å². The lowest BCUT2D eigenvalue weighted by Crippen LogP contribution is -2.21. The third-order valence-electron chi connectivity index (χ3n) is 4.77. The quantitative estimate of drug-likeness (QED) is 0.315. The predicted molar refractivity (Wildman–Crippen MR) is 132 cm³/mol. The van der Waals surface area contributed by atoms with E-state index < -0.39 is 0 Å². The zero-order valence-electron chi connectivity index (χ0n) is 17.2. The minimum absolute atomic E-state index is 0.172. The summed E-state index contributed by atoms with van der Waals surface area (Å²) in [5.41, 5.74) is 3.62. The van der Waals surface area contributed by atoms with Crippen molar-refractivity contribution < 1.29 is 14.3 Å². The molecule has 0 N–H and O–H groups in total. The standard InChI is InChI=1S/C25H21IN2O3/c1-3-31-22-16-17(15-21(26)24(22)30-2)14-20-23(18-10-6-4-7-11-18)27-28(25(20)29)19-12-8-5-9-13-19/h4-16H,3H2,1-2H3/b20-14-. The predicted octanol–water partition coefficient (Wildman–Crippen LogP) is 5.53. The van der Waals surface area contributed by atoms with Crippen LogP contribution in [0.5, 0.6) is 11.5 Å². The van der Waals surface area contributed by atoms with Gasteiger partial charge in [-0.2, -0.15) is 10.1 Å². The number of para-hydroxylation sites is 1. The molecular weight excluding hydrogens is 503 g/mol. The van der Waals surface area contributed by atoms with Crippen LogP contribution in [-0.2, 0) is 4.79 Å². The Kier molecular flexibility index (Phi) is 6.36. The fourth-order valence-electron chi connectivity index (χ4n) is 3.40. The van der Waals surface area contributed by atoms with Gasteiger partial charge in [0.15, 0.2) is 11.5 Å². The molecule has 1 heterocycles. The summed E-state index contributed by atoms with van der Waals surface area (Å²) in [5.74, 6) is 1.16. The third kappa shape index (κ3) is 4.34. The molecule has 0 bridgehead atoms. The van der Waals surface area contributed by atoms with Crippen LogP contribution in [0, 0.1) is 3.57 Å². The first-order valence-corrected chi connectivity index (χ1v) is 11.0. The van der Waals surface area contributed by atoms with Crippen LogP contribution in [-0.4, -0.2) is 25.3 Å². The maximum atomic E-state index is 13.4. The Balaban J connectivity index is 1.83. The zero-order chi connectivity index (χ0) is 21.8. The summed E-state index contributed by atoms with van der Waals surface area (Å²) in [5, 5.41) is 6.13. The van der Waals surface area contributed by atoms with Crippen LogP contribution >= 0.6 is 22.6 Å². The van der Waals surface area contributed by atoms with E-state index in [2.05, 4.69) is 27.7 Å². The summed E-state index contributed by atoms with van der Waals surface area (Å²) in [6.45, 7) is 2.44. The van der Waals surface area contributed by atoms with E-state index in [4.69, 9.17) is 9.47 Å². The highest BCUT2D eigenvalue weighted by atomic mass is 127. The summed E-state index contributed by atoms with van der Waals surface area (Å²) in [6, 6.07) is 23.0. The molecule has 0 saturated carbocycles. The number of benzene rings is 3. The molecule has 5 nitrogen and oxygen atoms in total. The van der Waals surface area contributed by atoms with Gasteiger partial charge in [0.05, 0.1) is 28.5 Å². The van der Waals surface area contributed by atoms with E-state index in [0.717, 1.165) is 20.4 Å². The van der Waals surface area contributed by atoms with Gasteiger partial charge in [-0.15, -0.1) is 0 Å². The van der Waals surface area contributed by atoms with Crippen molar-refractivity contribution >= 4 is 46.0 Å². The van der Waals surface area contributed by atoms with Crippen molar-refractivity contribution in [3.05, 3.63) is 93.1 Å². The molecule has 31 heavy (non-hydrogen) atoms. The summed E-state index contributed by atoms with van der Waals surface area (Å²) >= 11 is 2.21. The topological polar surface area (TPSA) is 51.1 Å². The molecule has 156 valence electrons. The smallest absolute Gasteiger partial charge is 0.281 e. The van der Waals surface area contributed by atoms with Gasteiger partial charge in [0.1, 0.15) is 5.71 Å². The average molecular weight is 524 g/mol. The highest BCUT2D eigenvalue weighted by Gasteiger charge is 2.32. The van der Waals surface area contributed by atoms with E-state index in [9.17, 15) is 4.79 Å². The van der Waals surface area contributed by atoms with E-state index in [1.807, 2.05) is 85.8 Å². The monoisotopic (exact) mass is 524 g/mol. The van der Waals surface area contributed by atoms with Gasteiger partial charge in [0, 0.05) is 5.56 Å². The molecule has 0 aliphatic carbocycles. The lowest BCUT2D eigenvalue weighted by Gasteiger charge is -2.13. The number of hydrogen-bond donors (Lipinski definition) is 0. The van der Waals surface area contributed by atoms with Gasteiger partial charge in [-0.1, -0.05) is 48.5 Å². The number of halogens is 1. The second-order valence-electron chi connectivity index (χ2n) is 6.79. The van der Waals surface area contributed by atoms with Crippen molar-refractivity contribution in [1.29, 1.82) is 0 Å². The summed E-state index contributed by atoms with van der Waals surface area (Å²) in [4.78, 5) is 13.4. The van der Waals surface area contributed by atoms with Crippen molar-refractivity contribution in [2.75, 3.05) is 18.7 Å². The van der Waals surface area contributed by atoms with Gasteiger partial charge in [-0.25, -0.2) is 0 Å². The Hall–Kier alpha value is -3.13. The van der Waals surface area contributed by atoms with Crippen molar-refractivity contribution in [3.8, 4) is 11.5 Å². The molecule has 6 heteroatoms. The van der Waals surface area contributed by atoms with Crippen LogP contribution in [0.2, 0.25) is 0 Å². The van der Waals surface area contributed by atoms with E-state index in [1.54, 1.807) is 7.11 Å². The summed E-state index contributed by atoms with van der Waals surface area (Å²) < 4.78 is 12.2. The molecule has 0 radical (unpaired) electrons. The average Bonchev–Trinajstić information content (AvgIpc) is 3.11. The molecule has 3 aromatic rings. The Morgan fingerprint density at radius 1 is 1.03 bits per heavy atom. The number of amides is 1. The van der Waals surface area contributed by atoms with Gasteiger partial charge in [-0.05, 0) is 65.4 Å². The van der Waals surface area contributed by atoms with Crippen LogP contribution < -0.4 is 14.5 Å². The molecule has 1 aliphatic heterocycles. The van der Waals surface area contributed by atoms with E-state index in [0.29, 0.717) is 29.4 Å². The number of methoxy groups -OCH3 is 1. The maximum Gasteiger partial charge on any atom is 0.281 e. The minimum Gasteiger partial charge on any atom is -0.492 e. The second kappa shape index (κ2) is 9.34. The second-order valence-corrected chi connectivity index (χ2v) is 7.95. The molecular formula is C25H21IN2O3. The Morgan fingerprint density at radius 2 is 1.71 bits per heavy atom. The van der Waals surface area contributed by atoms with Crippen molar-refractivity contribution in [2.24, 2.45) is 5.10 Å². The third-order valence-corrected chi connectivity index (χ3v) is 5.57. The van der Waals surface area contributed by atoms with Crippen LogP contribution in [0.4, 0.5) is 5.69 Å². The van der Waals surface area contributed by atoms with Crippen LogP contribution in [0.1, 0.15) is 18.1 Å². The molecule has 0 aromatic heterocycles. The number of hydrazone groups is 1. The number of nitrogens with zero attached hydrogens (tertiary/aromatic N) is 2. The van der Waals surface area contributed by atoms with Crippen molar-refractivity contribution in [1.82, 2.24) is 0 Å².